The van der Waals surface area contributed by atoms with Gasteiger partial charge in [-0.15, -0.1) is 0 Å². The average molecular weight is 188 g/mol. The molecule has 0 aliphatic rings. The molecular weight excluding hydrogens is 168 g/mol. The highest BCUT2D eigenvalue weighted by atomic mass is 14.1. The molecule has 0 saturated heterocycles. The van der Waals surface area contributed by atoms with Gasteiger partial charge < -0.3 is 0 Å². The minimum Gasteiger partial charge on any atom is -0.0654 e. The lowest BCUT2D eigenvalue weighted by molar-refractivity contribution is 0.757. The minimum absolute atomic E-state index is 1.17. The standard InChI is InChI=1S/C14H20/c1-3-5-9-13-11-7-8-12-14(13)10-6-4-2/h7-8H,3-6,9-10H2,1-2H3. The highest BCUT2D eigenvalue weighted by molar-refractivity contribution is 5.25. The molecule has 2 radical (unpaired) electrons. The zero-order valence-electron chi connectivity index (χ0n) is 9.40. The molecule has 0 aromatic heterocycles. The molecule has 1 aromatic rings. The van der Waals surface area contributed by atoms with Crippen LogP contribution in [0.3, 0.4) is 0 Å². The van der Waals surface area contributed by atoms with Gasteiger partial charge in [0, 0.05) is 0 Å². The van der Waals surface area contributed by atoms with Crippen LogP contribution in [-0.2, 0) is 12.8 Å². The lowest BCUT2D eigenvalue weighted by atomic mass is 9.98. The highest BCUT2D eigenvalue weighted by Crippen LogP contribution is 2.13. The summed E-state index contributed by atoms with van der Waals surface area (Å²) in [7, 11) is 0. The van der Waals surface area contributed by atoms with Crippen molar-refractivity contribution in [3.05, 3.63) is 35.4 Å². The number of benzene rings is 1. The van der Waals surface area contributed by atoms with Gasteiger partial charge in [-0.05, 0) is 48.9 Å². The maximum Gasteiger partial charge on any atom is -0.0146 e. The van der Waals surface area contributed by atoms with Gasteiger partial charge in [-0.25, -0.2) is 0 Å². The maximum absolute atomic E-state index is 3.35. The summed E-state index contributed by atoms with van der Waals surface area (Å²) in [5.74, 6) is 0. The summed E-state index contributed by atoms with van der Waals surface area (Å²) in [4.78, 5) is 0. The first-order valence-corrected chi connectivity index (χ1v) is 5.78. The van der Waals surface area contributed by atoms with E-state index in [0.717, 1.165) is 0 Å². The van der Waals surface area contributed by atoms with Crippen molar-refractivity contribution in [2.45, 2.75) is 52.4 Å². The van der Waals surface area contributed by atoms with Gasteiger partial charge >= 0.3 is 0 Å². The Bertz CT molecular complexity index is 223. The first-order chi connectivity index (χ1) is 6.88. The van der Waals surface area contributed by atoms with Crippen LogP contribution in [0.15, 0.2) is 12.1 Å². The number of unbranched alkanes of at least 4 members (excludes halogenated alkanes) is 2. The van der Waals surface area contributed by atoms with Gasteiger partial charge in [0.05, 0.1) is 0 Å². The molecule has 0 N–H and O–H groups in total. The van der Waals surface area contributed by atoms with Crippen molar-refractivity contribution in [1.29, 1.82) is 0 Å². The van der Waals surface area contributed by atoms with Crippen molar-refractivity contribution in [2.75, 3.05) is 0 Å². The van der Waals surface area contributed by atoms with E-state index in [1.165, 1.54) is 49.7 Å². The zero-order chi connectivity index (χ0) is 10.2. The van der Waals surface area contributed by atoms with Crippen LogP contribution >= 0.6 is 0 Å². The van der Waals surface area contributed by atoms with Crippen molar-refractivity contribution in [1.82, 2.24) is 0 Å². The molecule has 0 saturated carbocycles. The van der Waals surface area contributed by atoms with Crippen LogP contribution in [0.1, 0.15) is 50.7 Å². The molecule has 14 heavy (non-hydrogen) atoms. The Kier molecular flexibility index (Phi) is 5.36. The lowest BCUT2D eigenvalue weighted by Gasteiger charge is -2.07. The summed E-state index contributed by atoms with van der Waals surface area (Å²) < 4.78 is 0. The fraction of sp³-hybridized carbons (Fsp3) is 0.571. The second kappa shape index (κ2) is 6.64. The van der Waals surface area contributed by atoms with Crippen LogP contribution in [-0.4, -0.2) is 0 Å². The fourth-order valence-electron chi connectivity index (χ4n) is 1.61. The van der Waals surface area contributed by atoms with E-state index in [0.29, 0.717) is 0 Å². The molecule has 0 nitrogen and oxygen atoms in total. The van der Waals surface area contributed by atoms with E-state index in [4.69, 9.17) is 0 Å². The van der Waals surface area contributed by atoms with E-state index >= 15 is 0 Å². The molecule has 0 bridgehead atoms. The van der Waals surface area contributed by atoms with Crippen LogP contribution < -0.4 is 0 Å². The van der Waals surface area contributed by atoms with Crippen LogP contribution in [0.4, 0.5) is 0 Å². The molecule has 0 aliphatic carbocycles. The largest absolute Gasteiger partial charge is 0.0654 e. The molecule has 76 valence electrons. The molecule has 0 amide bonds. The van der Waals surface area contributed by atoms with Gasteiger partial charge in [0.15, 0.2) is 0 Å². The third kappa shape index (κ3) is 3.53. The molecule has 0 fully saturated rings. The number of hydrogen-bond acceptors (Lipinski definition) is 0. The molecule has 1 rings (SSSR count). The Balaban J connectivity index is 2.60. The smallest absolute Gasteiger partial charge is 0.0146 e. The van der Waals surface area contributed by atoms with Gasteiger partial charge in [0.1, 0.15) is 0 Å². The quantitative estimate of drug-likeness (QED) is 0.633. The second-order valence-corrected chi connectivity index (χ2v) is 3.79. The molecule has 1 aromatic carbocycles. The van der Waals surface area contributed by atoms with Gasteiger partial charge in [0.25, 0.3) is 0 Å². The number of hydrogen-bond donors (Lipinski definition) is 0. The molecule has 0 unspecified atom stereocenters. The fourth-order valence-corrected chi connectivity index (χ4v) is 1.61. The first-order valence-electron chi connectivity index (χ1n) is 5.78. The summed E-state index contributed by atoms with van der Waals surface area (Å²) in [6.07, 6.45) is 7.41. The van der Waals surface area contributed by atoms with E-state index < -0.39 is 0 Å². The van der Waals surface area contributed by atoms with Crippen molar-refractivity contribution >= 4 is 0 Å². The Morgan fingerprint density at radius 1 is 0.857 bits per heavy atom. The highest BCUT2D eigenvalue weighted by Gasteiger charge is 2.00. The Morgan fingerprint density at radius 2 is 1.29 bits per heavy atom. The second-order valence-electron chi connectivity index (χ2n) is 3.79. The molecular formula is C14H20. The average Bonchev–Trinajstić information content (AvgIpc) is 2.24. The lowest BCUT2D eigenvalue weighted by Crippen LogP contribution is -1.94. The summed E-state index contributed by atoms with van der Waals surface area (Å²) >= 11 is 0. The van der Waals surface area contributed by atoms with Crippen molar-refractivity contribution in [2.24, 2.45) is 0 Å². The Hall–Kier alpha value is -0.780. The topological polar surface area (TPSA) is 0 Å². The van der Waals surface area contributed by atoms with Crippen molar-refractivity contribution < 1.29 is 0 Å². The van der Waals surface area contributed by atoms with Gasteiger partial charge in [0.2, 0.25) is 0 Å². The Morgan fingerprint density at radius 3 is 1.64 bits per heavy atom. The summed E-state index contributed by atoms with van der Waals surface area (Å²) in [5, 5.41) is 0. The van der Waals surface area contributed by atoms with Crippen LogP contribution in [0.5, 0.6) is 0 Å². The van der Waals surface area contributed by atoms with Crippen molar-refractivity contribution in [3.63, 3.8) is 0 Å². The monoisotopic (exact) mass is 188 g/mol. The van der Waals surface area contributed by atoms with Gasteiger partial charge in [-0.1, -0.05) is 38.8 Å². The van der Waals surface area contributed by atoms with Gasteiger partial charge in [-0.3, -0.25) is 0 Å². The third-order valence-electron chi connectivity index (χ3n) is 2.52. The normalized spacial score (nSPS) is 10.4. The molecule has 0 spiro atoms. The predicted octanol–water partition coefficient (Wildman–Crippen LogP) is 3.97. The number of rotatable bonds is 6. The van der Waals surface area contributed by atoms with Gasteiger partial charge in [-0.2, -0.15) is 0 Å². The molecule has 0 aliphatic heterocycles. The van der Waals surface area contributed by atoms with Crippen LogP contribution in [0, 0.1) is 12.1 Å². The Labute approximate surface area is 88.4 Å². The maximum atomic E-state index is 3.35. The summed E-state index contributed by atoms with van der Waals surface area (Å²) in [6.45, 7) is 4.47. The van der Waals surface area contributed by atoms with E-state index in [2.05, 4.69) is 26.0 Å². The SMILES string of the molecule is CCCCc1[c]cc[c]c1CCCC. The van der Waals surface area contributed by atoms with Crippen molar-refractivity contribution in [3.8, 4) is 0 Å². The molecule has 0 heteroatoms. The van der Waals surface area contributed by atoms with E-state index in [1.807, 2.05) is 12.1 Å². The van der Waals surface area contributed by atoms with Crippen LogP contribution in [0.2, 0.25) is 0 Å². The first kappa shape index (κ1) is 11.3. The molecule has 0 atom stereocenters. The zero-order valence-corrected chi connectivity index (χ0v) is 9.40. The minimum atomic E-state index is 1.17. The number of aryl methyl sites for hydroxylation is 2. The van der Waals surface area contributed by atoms with E-state index in [1.54, 1.807) is 0 Å². The third-order valence-corrected chi connectivity index (χ3v) is 2.52. The van der Waals surface area contributed by atoms with E-state index in [-0.39, 0.29) is 0 Å². The van der Waals surface area contributed by atoms with Crippen LogP contribution in [0.25, 0.3) is 0 Å². The molecule has 0 heterocycles. The summed E-state index contributed by atoms with van der Waals surface area (Å²) in [6, 6.07) is 10.7. The predicted molar refractivity (Wildman–Crippen MR) is 61.3 cm³/mol. The summed E-state index contributed by atoms with van der Waals surface area (Å²) in [5.41, 5.74) is 2.78. The van der Waals surface area contributed by atoms with E-state index in [9.17, 15) is 0 Å².